The van der Waals surface area contributed by atoms with Gasteiger partial charge in [0.05, 0.1) is 18.3 Å². The average molecular weight is 126 g/mol. The van der Waals surface area contributed by atoms with Crippen LogP contribution in [0.3, 0.4) is 0 Å². The van der Waals surface area contributed by atoms with Crippen LogP contribution in [-0.4, -0.2) is 14.7 Å². The van der Waals surface area contributed by atoms with E-state index in [4.69, 9.17) is 0 Å². The summed E-state index contributed by atoms with van der Waals surface area (Å²) in [5.41, 5.74) is 0. The minimum absolute atomic E-state index is 0.238. The first-order valence-corrected chi connectivity index (χ1v) is 2.26. The Labute approximate surface area is 51.1 Å². The van der Waals surface area contributed by atoms with Crippen LogP contribution in [0.25, 0.3) is 0 Å². The molecule has 0 aliphatic heterocycles. The average Bonchev–Trinajstić information content (AvgIpc) is 2.14. The third-order valence-corrected chi connectivity index (χ3v) is 0.806. The van der Waals surface area contributed by atoms with E-state index in [-0.39, 0.29) is 5.82 Å². The van der Waals surface area contributed by atoms with Gasteiger partial charge in [0.15, 0.2) is 0 Å². The maximum atomic E-state index is 9.91. The second-order valence-corrected chi connectivity index (χ2v) is 1.53. The first-order valence-electron chi connectivity index (χ1n) is 2.26. The van der Waals surface area contributed by atoms with Gasteiger partial charge in [-0.25, -0.2) is 0 Å². The monoisotopic (exact) mass is 126 g/mol. The molecule has 0 aromatic carbocycles. The smallest absolute Gasteiger partial charge is 0.358 e. The molecule has 0 N–H and O–H groups in total. The third-order valence-electron chi connectivity index (χ3n) is 0.806. The van der Waals surface area contributed by atoms with E-state index in [2.05, 4.69) is 11.2 Å². The number of nitro groups is 1. The standard InChI is InChI=1S/C4H4N3O2/c1-6-3-2-4(5-6)7(8)9/h3H,1H3. The molecule has 0 bridgehead atoms. The molecule has 0 aliphatic carbocycles. The van der Waals surface area contributed by atoms with Crippen LogP contribution >= 0.6 is 0 Å². The second kappa shape index (κ2) is 1.85. The minimum atomic E-state index is -0.583. The molecule has 0 atom stereocenters. The Morgan fingerprint density at radius 1 is 2.00 bits per heavy atom. The number of hydrogen-bond donors (Lipinski definition) is 0. The number of aryl methyl sites for hydroxylation is 1. The number of nitrogens with zero attached hydrogens (tertiary/aromatic N) is 3. The molecule has 0 unspecified atom stereocenters. The van der Waals surface area contributed by atoms with Crippen molar-refractivity contribution in [1.82, 2.24) is 9.78 Å². The quantitative estimate of drug-likeness (QED) is 0.397. The summed E-state index contributed by atoms with van der Waals surface area (Å²) < 4.78 is 1.33. The van der Waals surface area contributed by atoms with Gasteiger partial charge in [0, 0.05) is 0 Å². The summed E-state index contributed by atoms with van der Waals surface area (Å²) in [6.45, 7) is 0. The van der Waals surface area contributed by atoms with Gasteiger partial charge in [0.1, 0.15) is 6.07 Å². The van der Waals surface area contributed by atoms with Gasteiger partial charge in [-0.05, 0) is 4.92 Å². The van der Waals surface area contributed by atoms with Gasteiger partial charge in [-0.2, -0.15) is 4.68 Å². The molecule has 1 aromatic rings. The SMILES string of the molecule is Cn1c[c]c([N+](=O)[O-])n1. The fourth-order valence-corrected chi connectivity index (χ4v) is 0.448. The van der Waals surface area contributed by atoms with Crippen LogP contribution in [0.1, 0.15) is 0 Å². The van der Waals surface area contributed by atoms with Gasteiger partial charge in [-0.15, -0.1) is 0 Å². The molecule has 0 amide bonds. The van der Waals surface area contributed by atoms with Crippen LogP contribution in [0, 0.1) is 16.2 Å². The molecule has 0 fully saturated rings. The largest absolute Gasteiger partial charge is 0.398 e. The summed E-state index contributed by atoms with van der Waals surface area (Å²) in [5.74, 6) is -0.238. The van der Waals surface area contributed by atoms with E-state index in [1.165, 1.54) is 10.9 Å². The Hall–Kier alpha value is -1.39. The summed E-state index contributed by atoms with van der Waals surface area (Å²) in [6.07, 6.45) is 1.40. The van der Waals surface area contributed by atoms with Crippen LogP contribution in [0.15, 0.2) is 6.20 Å². The zero-order chi connectivity index (χ0) is 6.85. The molecule has 0 saturated carbocycles. The molecular formula is C4H4N3O2. The van der Waals surface area contributed by atoms with Crippen molar-refractivity contribution < 1.29 is 4.92 Å². The molecule has 1 heterocycles. The Morgan fingerprint density at radius 3 is 2.89 bits per heavy atom. The fraction of sp³-hybridized carbons (Fsp3) is 0.250. The van der Waals surface area contributed by atoms with Crippen LogP contribution in [0.5, 0.6) is 0 Å². The van der Waals surface area contributed by atoms with Crippen LogP contribution < -0.4 is 0 Å². The second-order valence-electron chi connectivity index (χ2n) is 1.53. The molecule has 9 heavy (non-hydrogen) atoms. The van der Waals surface area contributed by atoms with Crippen molar-refractivity contribution in [2.24, 2.45) is 7.05 Å². The predicted octanol–water partition coefficient (Wildman–Crippen LogP) is 0.128. The lowest BCUT2D eigenvalue weighted by Crippen LogP contribution is -1.91. The van der Waals surface area contributed by atoms with E-state index < -0.39 is 4.92 Å². The van der Waals surface area contributed by atoms with Gasteiger partial charge < -0.3 is 10.1 Å². The lowest BCUT2D eigenvalue weighted by Gasteiger charge is -1.81. The highest BCUT2D eigenvalue weighted by atomic mass is 16.6. The van der Waals surface area contributed by atoms with Crippen molar-refractivity contribution in [3.63, 3.8) is 0 Å². The Kier molecular flexibility index (Phi) is 1.18. The number of rotatable bonds is 1. The van der Waals surface area contributed by atoms with E-state index in [0.717, 1.165) is 0 Å². The normalized spacial score (nSPS) is 9.44. The third kappa shape index (κ3) is 1.04. The van der Waals surface area contributed by atoms with Crippen molar-refractivity contribution >= 4 is 5.82 Å². The van der Waals surface area contributed by atoms with Crippen LogP contribution in [0.2, 0.25) is 0 Å². The summed E-state index contributed by atoms with van der Waals surface area (Å²) in [4.78, 5) is 9.33. The first kappa shape index (κ1) is 5.74. The highest BCUT2D eigenvalue weighted by molar-refractivity contribution is 5.11. The van der Waals surface area contributed by atoms with Gasteiger partial charge >= 0.3 is 5.82 Å². The van der Waals surface area contributed by atoms with E-state index in [1.54, 1.807) is 7.05 Å². The van der Waals surface area contributed by atoms with Crippen molar-refractivity contribution in [3.8, 4) is 0 Å². The topological polar surface area (TPSA) is 61.0 Å². The van der Waals surface area contributed by atoms with Gasteiger partial charge in [-0.3, -0.25) is 0 Å². The molecule has 5 heteroatoms. The fourth-order valence-electron chi connectivity index (χ4n) is 0.448. The Balaban J connectivity index is 2.98. The summed E-state index contributed by atoms with van der Waals surface area (Å²) in [6, 6.07) is 2.36. The summed E-state index contributed by atoms with van der Waals surface area (Å²) in [7, 11) is 1.60. The van der Waals surface area contributed by atoms with Crippen LogP contribution in [0.4, 0.5) is 5.82 Å². The maximum Gasteiger partial charge on any atom is 0.398 e. The molecule has 5 nitrogen and oxygen atoms in total. The summed E-state index contributed by atoms with van der Waals surface area (Å²) >= 11 is 0. The molecule has 0 aliphatic rings. The van der Waals surface area contributed by atoms with E-state index in [1.807, 2.05) is 0 Å². The Morgan fingerprint density at radius 2 is 2.67 bits per heavy atom. The van der Waals surface area contributed by atoms with E-state index >= 15 is 0 Å². The molecule has 0 spiro atoms. The number of hydrogen-bond acceptors (Lipinski definition) is 3. The van der Waals surface area contributed by atoms with E-state index in [9.17, 15) is 10.1 Å². The van der Waals surface area contributed by atoms with Gasteiger partial charge in [0.25, 0.3) is 0 Å². The van der Waals surface area contributed by atoms with Crippen molar-refractivity contribution in [3.05, 3.63) is 22.4 Å². The van der Waals surface area contributed by atoms with Crippen molar-refractivity contribution in [2.75, 3.05) is 0 Å². The highest BCUT2D eigenvalue weighted by Crippen LogP contribution is 2.01. The molecule has 1 rings (SSSR count). The zero-order valence-electron chi connectivity index (χ0n) is 4.74. The molecular weight excluding hydrogens is 122 g/mol. The zero-order valence-corrected chi connectivity index (χ0v) is 4.74. The van der Waals surface area contributed by atoms with Gasteiger partial charge in [0.2, 0.25) is 0 Å². The molecule has 1 aromatic heterocycles. The molecule has 1 radical (unpaired) electrons. The lowest BCUT2D eigenvalue weighted by molar-refractivity contribution is -0.390. The van der Waals surface area contributed by atoms with Crippen LogP contribution in [-0.2, 0) is 7.05 Å². The van der Waals surface area contributed by atoms with Gasteiger partial charge in [-0.1, -0.05) is 0 Å². The van der Waals surface area contributed by atoms with Crippen molar-refractivity contribution in [1.29, 1.82) is 0 Å². The first-order chi connectivity index (χ1) is 4.20. The predicted molar refractivity (Wildman–Crippen MR) is 28.7 cm³/mol. The highest BCUT2D eigenvalue weighted by Gasteiger charge is 2.07. The maximum absolute atomic E-state index is 9.91. The van der Waals surface area contributed by atoms with E-state index in [0.29, 0.717) is 0 Å². The lowest BCUT2D eigenvalue weighted by atomic mass is 10.7. The minimum Gasteiger partial charge on any atom is -0.358 e. The molecule has 47 valence electrons. The number of aromatic nitrogens is 2. The summed E-state index contributed by atoms with van der Waals surface area (Å²) in [5, 5.41) is 13.4. The Bertz CT molecular complexity index is 229. The van der Waals surface area contributed by atoms with Crippen molar-refractivity contribution in [2.45, 2.75) is 0 Å². The molecule has 0 saturated heterocycles.